The number of esters is 1. The molecular formula is C17H17NO5. The molecule has 2 aromatic rings. The van der Waals surface area contributed by atoms with E-state index in [0.717, 1.165) is 11.3 Å². The van der Waals surface area contributed by atoms with Crippen LogP contribution >= 0.6 is 0 Å². The van der Waals surface area contributed by atoms with Gasteiger partial charge in [-0.25, -0.2) is 4.79 Å². The summed E-state index contributed by atoms with van der Waals surface area (Å²) in [6, 6.07) is 11.8. The first-order valence-corrected chi connectivity index (χ1v) is 7.07. The van der Waals surface area contributed by atoms with Crippen molar-refractivity contribution in [3.05, 3.63) is 69.3 Å². The number of carbonyl (C=O) groups is 1. The topological polar surface area (TPSA) is 78.7 Å². The summed E-state index contributed by atoms with van der Waals surface area (Å²) in [5, 5.41) is 10.9. The Morgan fingerprint density at radius 2 is 1.87 bits per heavy atom. The molecule has 2 aromatic carbocycles. The molecule has 0 bridgehead atoms. The molecule has 0 heterocycles. The van der Waals surface area contributed by atoms with Gasteiger partial charge in [0.2, 0.25) is 0 Å². The van der Waals surface area contributed by atoms with Crippen LogP contribution in [0.1, 0.15) is 21.5 Å². The lowest BCUT2D eigenvalue weighted by Crippen LogP contribution is -2.10. The predicted molar refractivity (Wildman–Crippen MR) is 84.8 cm³/mol. The molecule has 0 saturated heterocycles. The minimum atomic E-state index is -0.556. The van der Waals surface area contributed by atoms with Gasteiger partial charge in [-0.1, -0.05) is 18.2 Å². The molecule has 0 fully saturated rings. The van der Waals surface area contributed by atoms with Crippen molar-refractivity contribution in [3.63, 3.8) is 0 Å². The van der Waals surface area contributed by atoms with E-state index in [1.165, 1.54) is 25.1 Å². The van der Waals surface area contributed by atoms with Crippen LogP contribution in [0.5, 0.6) is 5.75 Å². The van der Waals surface area contributed by atoms with Crippen molar-refractivity contribution >= 4 is 11.7 Å². The average molecular weight is 315 g/mol. The van der Waals surface area contributed by atoms with Crippen LogP contribution in [0.25, 0.3) is 0 Å². The van der Waals surface area contributed by atoms with Gasteiger partial charge in [0.25, 0.3) is 5.69 Å². The highest BCUT2D eigenvalue weighted by molar-refractivity contribution is 5.92. The quantitative estimate of drug-likeness (QED) is 0.464. The predicted octanol–water partition coefficient (Wildman–Crippen LogP) is 3.31. The number of nitro groups is 1. The Balaban J connectivity index is 1.97. The van der Waals surface area contributed by atoms with Crippen molar-refractivity contribution in [1.29, 1.82) is 0 Å². The summed E-state index contributed by atoms with van der Waals surface area (Å²) in [5.41, 5.74) is 1.45. The zero-order valence-corrected chi connectivity index (χ0v) is 12.9. The number of hydrogen-bond acceptors (Lipinski definition) is 5. The lowest BCUT2D eigenvalue weighted by atomic mass is 10.1. The number of rotatable bonds is 6. The molecule has 0 amide bonds. The number of methoxy groups -OCH3 is 1. The molecule has 0 atom stereocenters. The van der Waals surface area contributed by atoms with E-state index < -0.39 is 10.9 Å². The maximum Gasteiger partial charge on any atom is 0.338 e. The van der Waals surface area contributed by atoms with E-state index in [4.69, 9.17) is 9.47 Å². The molecule has 6 heteroatoms. The van der Waals surface area contributed by atoms with Gasteiger partial charge in [0.05, 0.1) is 24.2 Å². The number of hydrogen-bond donors (Lipinski definition) is 0. The van der Waals surface area contributed by atoms with Gasteiger partial charge in [0.15, 0.2) is 0 Å². The van der Waals surface area contributed by atoms with Crippen LogP contribution in [-0.2, 0) is 11.2 Å². The third kappa shape index (κ3) is 4.06. The second-order valence-corrected chi connectivity index (χ2v) is 4.94. The zero-order chi connectivity index (χ0) is 16.8. The normalized spacial score (nSPS) is 10.2. The van der Waals surface area contributed by atoms with Crippen LogP contribution < -0.4 is 4.74 Å². The molecule has 0 saturated carbocycles. The fourth-order valence-electron chi connectivity index (χ4n) is 2.17. The molecule has 0 aromatic heterocycles. The Labute approximate surface area is 133 Å². The number of nitro benzene ring substituents is 1. The lowest BCUT2D eigenvalue weighted by molar-refractivity contribution is -0.385. The molecule has 2 rings (SSSR count). The van der Waals surface area contributed by atoms with Gasteiger partial charge in [-0.05, 0) is 30.7 Å². The third-order valence-electron chi connectivity index (χ3n) is 3.50. The van der Waals surface area contributed by atoms with E-state index in [1.54, 1.807) is 7.11 Å². The van der Waals surface area contributed by atoms with E-state index in [0.29, 0.717) is 12.0 Å². The first-order valence-electron chi connectivity index (χ1n) is 7.07. The fraction of sp³-hybridized carbons (Fsp3) is 0.235. The van der Waals surface area contributed by atoms with E-state index >= 15 is 0 Å². The third-order valence-corrected chi connectivity index (χ3v) is 3.50. The van der Waals surface area contributed by atoms with Crippen molar-refractivity contribution in [2.75, 3.05) is 13.7 Å². The molecule has 0 unspecified atom stereocenters. The first-order chi connectivity index (χ1) is 11.0. The molecule has 0 spiro atoms. The highest BCUT2D eigenvalue weighted by atomic mass is 16.6. The van der Waals surface area contributed by atoms with Crippen LogP contribution in [-0.4, -0.2) is 24.6 Å². The van der Waals surface area contributed by atoms with E-state index in [1.807, 2.05) is 24.3 Å². The number of benzene rings is 2. The maximum absolute atomic E-state index is 12.1. The van der Waals surface area contributed by atoms with E-state index in [9.17, 15) is 14.9 Å². The van der Waals surface area contributed by atoms with Gasteiger partial charge in [-0.2, -0.15) is 0 Å². The number of nitrogens with zero attached hydrogens (tertiary/aromatic N) is 1. The monoisotopic (exact) mass is 315 g/mol. The lowest BCUT2D eigenvalue weighted by Gasteiger charge is -2.08. The summed E-state index contributed by atoms with van der Waals surface area (Å²) < 4.78 is 10.3. The molecule has 6 nitrogen and oxygen atoms in total. The molecule has 0 aliphatic carbocycles. The Bertz CT molecular complexity index is 709. The summed E-state index contributed by atoms with van der Waals surface area (Å²) in [7, 11) is 1.60. The van der Waals surface area contributed by atoms with Gasteiger partial charge in [-0.3, -0.25) is 10.1 Å². The molecule has 0 radical (unpaired) electrons. The number of ether oxygens (including phenoxy) is 2. The van der Waals surface area contributed by atoms with E-state index in [2.05, 4.69) is 0 Å². The van der Waals surface area contributed by atoms with Gasteiger partial charge in [0.1, 0.15) is 5.75 Å². The second kappa shape index (κ2) is 7.40. The van der Waals surface area contributed by atoms with Gasteiger partial charge in [-0.15, -0.1) is 0 Å². The smallest absolute Gasteiger partial charge is 0.338 e. The summed E-state index contributed by atoms with van der Waals surface area (Å²) in [4.78, 5) is 22.4. The van der Waals surface area contributed by atoms with E-state index in [-0.39, 0.29) is 17.9 Å². The highest BCUT2D eigenvalue weighted by Gasteiger charge is 2.18. The summed E-state index contributed by atoms with van der Waals surface area (Å²) in [5.74, 6) is 0.206. The van der Waals surface area contributed by atoms with Crippen molar-refractivity contribution in [2.45, 2.75) is 13.3 Å². The Morgan fingerprint density at radius 1 is 1.17 bits per heavy atom. The van der Waals surface area contributed by atoms with Crippen molar-refractivity contribution in [1.82, 2.24) is 0 Å². The highest BCUT2D eigenvalue weighted by Crippen LogP contribution is 2.21. The number of carbonyl (C=O) groups excluding carboxylic acids is 1. The molecule has 23 heavy (non-hydrogen) atoms. The zero-order valence-electron chi connectivity index (χ0n) is 12.9. The minimum Gasteiger partial charge on any atom is -0.497 e. The van der Waals surface area contributed by atoms with Crippen molar-refractivity contribution < 1.29 is 19.2 Å². The minimum absolute atomic E-state index is 0.0883. The Kier molecular flexibility index (Phi) is 5.30. The summed E-state index contributed by atoms with van der Waals surface area (Å²) in [6.07, 6.45) is 0.559. The van der Waals surface area contributed by atoms with Crippen LogP contribution in [0.3, 0.4) is 0 Å². The van der Waals surface area contributed by atoms with Gasteiger partial charge < -0.3 is 9.47 Å². The second-order valence-electron chi connectivity index (χ2n) is 4.94. The summed E-state index contributed by atoms with van der Waals surface area (Å²) in [6.45, 7) is 1.74. The van der Waals surface area contributed by atoms with Crippen molar-refractivity contribution in [3.8, 4) is 5.75 Å². The van der Waals surface area contributed by atoms with Gasteiger partial charge in [0, 0.05) is 18.1 Å². The van der Waals surface area contributed by atoms with Crippen LogP contribution in [0.4, 0.5) is 5.69 Å². The standard InChI is InChI=1S/C17H17NO5/c1-12-15(4-3-5-16(12)18(20)21)17(19)23-11-10-13-6-8-14(22-2)9-7-13/h3-9H,10-11H2,1-2H3. The largest absolute Gasteiger partial charge is 0.497 e. The van der Waals surface area contributed by atoms with Crippen LogP contribution in [0.15, 0.2) is 42.5 Å². The molecule has 0 aliphatic rings. The Hall–Kier alpha value is -2.89. The summed E-state index contributed by atoms with van der Waals surface area (Å²) >= 11 is 0. The molecule has 120 valence electrons. The molecular weight excluding hydrogens is 298 g/mol. The van der Waals surface area contributed by atoms with Crippen LogP contribution in [0.2, 0.25) is 0 Å². The molecule has 0 N–H and O–H groups in total. The Morgan fingerprint density at radius 3 is 2.48 bits per heavy atom. The molecule has 0 aliphatic heterocycles. The van der Waals surface area contributed by atoms with Gasteiger partial charge >= 0.3 is 5.97 Å². The average Bonchev–Trinajstić information content (AvgIpc) is 2.55. The van der Waals surface area contributed by atoms with Crippen LogP contribution in [0, 0.1) is 17.0 Å². The maximum atomic E-state index is 12.1. The van der Waals surface area contributed by atoms with Crippen molar-refractivity contribution in [2.24, 2.45) is 0 Å². The fourth-order valence-corrected chi connectivity index (χ4v) is 2.17. The SMILES string of the molecule is COc1ccc(CCOC(=O)c2cccc([N+](=O)[O-])c2C)cc1. The first kappa shape index (κ1) is 16.5.